The number of benzene rings is 3. The van der Waals surface area contributed by atoms with Crippen molar-refractivity contribution in [1.29, 1.82) is 0 Å². The molecule has 2 heteroatoms. The highest BCUT2D eigenvalue weighted by Gasteiger charge is 2.15. The molecule has 152 valence electrons. The molecule has 0 spiro atoms. The first-order valence-electron chi connectivity index (χ1n) is 10.7. The second-order valence-corrected chi connectivity index (χ2v) is 8.66. The monoisotopic (exact) mass is 386 g/mol. The normalized spacial score (nSPS) is 11.3. The van der Waals surface area contributed by atoms with Gasteiger partial charge in [-0.05, 0) is 52.6 Å². The van der Waals surface area contributed by atoms with Crippen molar-refractivity contribution in [3.05, 3.63) is 83.4 Å². The van der Waals surface area contributed by atoms with E-state index in [2.05, 4.69) is 119 Å². The summed E-state index contributed by atoms with van der Waals surface area (Å²) < 4.78 is 0. The van der Waals surface area contributed by atoms with Crippen molar-refractivity contribution in [2.75, 3.05) is 10.6 Å². The molecule has 0 aromatic heterocycles. The van der Waals surface area contributed by atoms with Crippen LogP contribution in [-0.4, -0.2) is 0 Å². The number of hydrogen-bond acceptors (Lipinski definition) is 2. The minimum absolute atomic E-state index is 0.456. The van der Waals surface area contributed by atoms with Crippen molar-refractivity contribution in [1.82, 2.24) is 0 Å². The van der Waals surface area contributed by atoms with Crippen LogP contribution in [0.4, 0.5) is 22.7 Å². The van der Waals surface area contributed by atoms with E-state index in [1.54, 1.807) is 0 Å². The van der Waals surface area contributed by atoms with Crippen molar-refractivity contribution < 1.29 is 0 Å². The van der Waals surface area contributed by atoms with Crippen molar-refractivity contribution in [3.8, 4) is 0 Å². The van der Waals surface area contributed by atoms with Crippen LogP contribution in [0.15, 0.2) is 66.7 Å². The number of para-hydroxylation sites is 4. The molecule has 3 aromatic rings. The van der Waals surface area contributed by atoms with Crippen molar-refractivity contribution in [2.24, 2.45) is 0 Å². The molecule has 0 fully saturated rings. The zero-order valence-electron chi connectivity index (χ0n) is 18.6. The van der Waals surface area contributed by atoms with Crippen LogP contribution in [0.2, 0.25) is 0 Å². The predicted molar refractivity (Wildman–Crippen MR) is 128 cm³/mol. The SMILES string of the molecule is CC(C)c1ccccc1Nc1ccccc1Nc1c(C(C)C)cccc1C(C)C. The summed E-state index contributed by atoms with van der Waals surface area (Å²) in [6.07, 6.45) is 0. The maximum atomic E-state index is 3.78. The molecule has 0 atom stereocenters. The second kappa shape index (κ2) is 9.17. The van der Waals surface area contributed by atoms with Gasteiger partial charge in [-0.1, -0.05) is 90.1 Å². The molecular formula is C27H34N2. The molecule has 29 heavy (non-hydrogen) atoms. The van der Waals surface area contributed by atoms with Gasteiger partial charge in [-0.3, -0.25) is 0 Å². The molecule has 3 rings (SSSR count). The zero-order chi connectivity index (χ0) is 21.0. The molecule has 0 amide bonds. The fraction of sp³-hybridized carbons (Fsp3) is 0.333. The topological polar surface area (TPSA) is 24.1 Å². The highest BCUT2D eigenvalue weighted by atomic mass is 15.0. The van der Waals surface area contributed by atoms with E-state index >= 15 is 0 Å². The Morgan fingerprint density at radius 2 is 0.862 bits per heavy atom. The highest BCUT2D eigenvalue weighted by Crippen LogP contribution is 2.37. The van der Waals surface area contributed by atoms with Crippen LogP contribution >= 0.6 is 0 Å². The fourth-order valence-electron chi connectivity index (χ4n) is 3.79. The third-order valence-corrected chi connectivity index (χ3v) is 5.41. The van der Waals surface area contributed by atoms with E-state index < -0.39 is 0 Å². The van der Waals surface area contributed by atoms with Crippen molar-refractivity contribution in [2.45, 2.75) is 59.3 Å². The molecule has 0 saturated carbocycles. The van der Waals surface area contributed by atoms with Crippen molar-refractivity contribution >= 4 is 22.7 Å². The molecular weight excluding hydrogens is 352 g/mol. The Labute approximate surface area is 176 Å². The largest absolute Gasteiger partial charge is 0.354 e. The molecule has 0 aliphatic heterocycles. The first kappa shape index (κ1) is 21.0. The Kier molecular flexibility index (Phi) is 6.64. The number of hydrogen-bond donors (Lipinski definition) is 2. The first-order valence-corrected chi connectivity index (χ1v) is 10.7. The Bertz CT molecular complexity index is 928. The minimum Gasteiger partial charge on any atom is -0.354 e. The van der Waals surface area contributed by atoms with Crippen LogP contribution in [0.1, 0.15) is 76.0 Å². The molecule has 2 nitrogen and oxygen atoms in total. The van der Waals surface area contributed by atoms with Crippen LogP contribution in [0.3, 0.4) is 0 Å². The van der Waals surface area contributed by atoms with Gasteiger partial charge in [-0.25, -0.2) is 0 Å². The summed E-state index contributed by atoms with van der Waals surface area (Å²) in [5, 5.41) is 7.46. The Balaban J connectivity index is 2.02. The van der Waals surface area contributed by atoms with Gasteiger partial charge < -0.3 is 10.6 Å². The van der Waals surface area contributed by atoms with E-state index in [1.165, 1.54) is 22.4 Å². The molecule has 3 aromatic carbocycles. The maximum absolute atomic E-state index is 3.78. The summed E-state index contributed by atoms with van der Waals surface area (Å²) in [4.78, 5) is 0. The maximum Gasteiger partial charge on any atom is 0.0623 e. The van der Waals surface area contributed by atoms with Gasteiger partial charge in [0.25, 0.3) is 0 Å². The van der Waals surface area contributed by atoms with Crippen LogP contribution < -0.4 is 10.6 Å². The molecule has 0 radical (unpaired) electrons. The molecule has 0 aliphatic carbocycles. The Morgan fingerprint density at radius 1 is 0.448 bits per heavy atom. The number of anilines is 4. The van der Waals surface area contributed by atoms with Gasteiger partial charge in [0.1, 0.15) is 0 Å². The van der Waals surface area contributed by atoms with Gasteiger partial charge >= 0.3 is 0 Å². The summed E-state index contributed by atoms with van der Waals surface area (Å²) in [6.45, 7) is 13.5. The summed E-state index contributed by atoms with van der Waals surface area (Å²) in [5.74, 6) is 1.38. The number of rotatable bonds is 7. The van der Waals surface area contributed by atoms with Gasteiger partial charge in [0.15, 0.2) is 0 Å². The lowest BCUT2D eigenvalue weighted by molar-refractivity contribution is 0.838. The molecule has 0 unspecified atom stereocenters. The number of nitrogens with one attached hydrogen (secondary N) is 2. The minimum atomic E-state index is 0.456. The Morgan fingerprint density at radius 3 is 1.38 bits per heavy atom. The van der Waals surface area contributed by atoms with E-state index in [4.69, 9.17) is 0 Å². The van der Waals surface area contributed by atoms with Crippen LogP contribution in [-0.2, 0) is 0 Å². The molecule has 0 heterocycles. The average Bonchev–Trinajstić information content (AvgIpc) is 2.69. The second-order valence-electron chi connectivity index (χ2n) is 8.66. The molecule has 0 saturated heterocycles. The summed E-state index contributed by atoms with van der Waals surface area (Å²) in [5.41, 5.74) is 8.63. The quantitative estimate of drug-likeness (QED) is 0.425. The van der Waals surface area contributed by atoms with Gasteiger partial charge in [0.05, 0.1) is 11.4 Å². The van der Waals surface area contributed by atoms with E-state index in [9.17, 15) is 0 Å². The summed E-state index contributed by atoms with van der Waals surface area (Å²) in [7, 11) is 0. The van der Waals surface area contributed by atoms with Crippen LogP contribution in [0, 0.1) is 0 Å². The molecule has 0 bridgehead atoms. The van der Waals surface area contributed by atoms with Crippen molar-refractivity contribution in [3.63, 3.8) is 0 Å². The van der Waals surface area contributed by atoms with Crippen LogP contribution in [0.25, 0.3) is 0 Å². The summed E-state index contributed by atoms with van der Waals surface area (Å²) >= 11 is 0. The standard InChI is InChI=1S/C27H34N2/c1-18(2)21-12-7-8-15-24(21)28-25-16-9-10-17-26(25)29-27-22(19(3)4)13-11-14-23(27)20(5)6/h7-20,28-29H,1-6H3. The smallest absolute Gasteiger partial charge is 0.0623 e. The van der Waals surface area contributed by atoms with Gasteiger partial charge in [0, 0.05) is 11.4 Å². The Hall–Kier alpha value is -2.74. The van der Waals surface area contributed by atoms with E-state index in [1.807, 2.05) is 0 Å². The lowest BCUT2D eigenvalue weighted by Crippen LogP contribution is -2.06. The highest BCUT2D eigenvalue weighted by molar-refractivity contribution is 5.81. The fourth-order valence-corrected chi connectivity index (χ4v) is 3.79. The van der Waals surface area contributed by atoms with Gasteiger partial charge in [0.2, 0.25) is 0 Å². The first-order chi connectivity index (χ1) is 13.9. The lowest BCUT2D eigenvalue weighted by atomic mass is 9.92. The van der Waals surface area contributed by atoms with E-state index in [-0.39, 0.29) is 0 Å². The molecule has 2 N–H and O–H groups in total. The predicted octanol–water partition coefficient (Wildman–Crippen LogP) is 8.54. The van der Waals surface area contributed by atoms with E-state index in [0.717, 1.165) is 17.1 Å². The summed E-state index contributed by atoms with van der Waals surface area (Å²) in [6, 6.07) is 23.7. The van der Waals surface area contributed by atoms with Gasteiger partial charge in [-0.2, -0.15) is 0 Å². The zero-order valence-corrected chi connectivity index (χ0v) is 18.6. The third-order valence-electron chi connectivity index (χ3n) is 5.41. The van der Waals surface area contributed by atoms with Gasteiger partial charge in [-0.15, -0.1) is 0 Å². The average molecular weight is 387 g/mol. The van der Waals surface area contributed by atoms with E-state index in [0.29, 0.717) is 17.8 Å². The van der Waals surface area contributed by atoms with Crippen LogP contribution in [0.5, 0.6) is 0 Å². The third kappa shape index (κ3) is 4.82. The molecule has 0 aliphatic rings. The lowest BCUT2D eigenvalue weighted by Gasteiger charge is -2.23.